The van der Waals surface area contributed by atoms with E-state index in [1.54, 1.807) is 0 Å². The van der Waals surface area contributed by atoms with Gasteiger partial charge in [0, 0.05) is 30.7 Å². The van der Waals surface area contributed by atoms with Crippen LogP contribution >= 0.6 is 0 Å². The highest BCUT2D eigenvalue weighted by atomic mass is 16.2. The maximum Gasteiger partial charge on any atom is 0.314 e. The normalized spacial score (nSPS) is 15.8. The van der Waals surface area contributed by atoms with Gasteiger partial charge in [-0.3, -0.25) is 4.68 Å². The Morgan fingerprint density at radius 3 is 2.54 bits per heavy atom. The number of nitrogens with zero attached hydrogens (tertiary/aromatic N) is 2. The first-order valence-electron chi connectivity index (χ1n) is 9.67. The van der Waals surface area contributed by atoms with E-state index >= 15 is 0 Å². The van der Waals surface area contributed by atoms with Gasteiger partial charge in [0.25, 0.3) is 0 Å². The van der Waals surface area contributed by atoms with E-state index in [0.717, 1.165) is 37.2 Å². The number of hydrogen-bond donors (Lipinski definition) is 2. The van der Waals surface area contributed by atoms with Crippen molar-refractivity contribution in [3.8, 4) is 0 Å². The number of rotatable bonds is 7. The summed E-state index contributed by atoms with van der Waals surface area (Å²) >= 11 is 0. The second kappa shape index (κ2) is 8.39. The van der Waals surface area contributed by atoms with Crippen LogP contribution in [0.5, 0.6) is 0 Å². The molecule has 1 heterocycles. The Bertz CT molecular complexity index is 717. The summed E-state index contributed by atoms with van der Waals surface area (Å²) in [5.41, 5.74) is 3.65. The zero-order chi connectivity index (χ0) is 18.4. The van der Waals surface area contributed by atoms with Gasteiger partial charge in [0.2, 0.25) is 0 Å². The van der Waals surface area contributed by atoms with E-state index in [4.69, 9.17) is 0 Å². The van der Waals surface area contributed by atoms with E-state index in [2.05, 4.69) is 59.1 Å². The first-order valence-corrected chi connectivity index (χ1v) is 9.67. The van der Waals surface area contributed by atoms with Crippen molar-refractivity contribution in [1.29, 1.82) is 0 Å². The predicted molar refractivity (Wildman–Crippen MR) is 104 cm³/mol. The number of amides is 2. The fraction of sp³-hybridized carbons (Fsp3) is 0.524. The van der Waals surface area contributed by atoms with Gasteiger partial charge in [-0.05, 0) is 44.7 Å². The number of carbonyl (C=O) groups excluding carboxylic acids is 1. The lowest BCUT2D eigenvalue weighted by Gasteiger charge is -2.30. The number of nitrogens with one attached hydrogen (secondary N) is 2. The molecule has 0 unspecified atom stereocenters. The number of hydrogen-bond acceptors (Lipinski definition) is 2. The zero-order valence-electron chi connectivity index (χ0n) is 15.9. The van der Waals surface area contributed by atoms with Crippen molar-refractivity contribution in [2.75, 3.05) is 13.1 Å². The third-order valence-corrected chi connectivity index (χ3v) is 5.47. The van der Waals surface area contributed by atoms with Crippen LogP contribution in [0.1, 0.15) is 49.1 Å². The fourth-order valence-electron chi connectivity index (χ4n) is 4.06. The number of aryl methyl sites for hydroxylation is 3. The Kier molecular flexibility index (Phi) is 5.96. The van der Waals surface area contributed by atoms with Crippen LogP contribution in [-0.4, -0.2) is 28.9 Å². The second-order valence-corrected chi connectivity index (χ2v) is 7.47. The van der Waals surface area contributed by atoms with Gasteiger partial charge in [0.1, 0.15) is 0 Å². The van der Waals surface area contributed by atoms with Crippen molar-refractivity contribution in [3.05, 3.63) is 53.3 Å². The third-order valence-electron chi connectivity index (χ3n) is 5.47. The molecule has 2 N–H and O–H groups in total. The number of aromatic nitrogens is 2. The molecule has 1 aliphatic carbocycles. The summed E-state index contributed by atoms with van der Waals surface area (Å²) in [6.07, 6.45) is 5.64. The van der Waals surface area contributed by atoms with Crippen LogP contribution in [0.15, 0.2) is 36.4 Å². The summed E-state index contributed by atoms with van der Waals surface area (Å²) in [7, 11) is 0. The molecule has 140 valence electrons. The van der Waals surface area contributed by atoms with E-state index in [1.807, 2.05) is 11.6 Å². The highest BCUT2D eigenvalue weighted by molar-refractivity contribution is 5.73. The Morgan fingerprint density at radius 1 is 1.15 bits per heavy atom. The average Bonchev–Trinajstić information content (AvgIpc) is 3.25. The summed E-state index contributed by atoms with van der Waals surface area (Å²) in [4.78, 5) is 12.2. The monoisotopic (exact) mass is 354 g/mol. The lowest BCUT2D eigenvalue weighted by Crippen LogP contribution is -2.44. The van der Waals surface area contributed by atoms with Crippen molar-refractivity contribution in [2.45, 2.75) is 57.9 Å². The van der Waals surface area contributed by atoms with Gasteiger partial charge in [-0.2, -0.15) is 5.10 Å². The lowest BCUT2D eigenvalue weighted by molar-refractivity contribution is 0.236. The summed E-state index contributed by atoms with van der Waals surface area (Å²) in [6, 6.07) is 12.6. The summed E-state index contributed by atoms with van der Waals surface area (Å²) < 4.78 is 2.00. The first kappa shape index (κ1) is 18.5. The smallest absolute Gasteiger partial charge is 0.314 e. The van der Waals surface area contributed by atoms with Gasteiger partial charge in [-0.25, -0.2) is 4.79 Å². The molecule has 0 atom stereocenters. The topological polar surface area (TPSA) is 59.0 Å². The minimum absolute atomic E-state index is 0.0689. The highest BCUT2D eigenvalue weighted by Crippen LogP contribution is 2.40. The minimum atomic E-state index is -0.0689. The Morgan fingerprint density at radius 2 is 1.88 bits per heavy atom. The van der Waals surface area contributed by atoms with Crippen LogP contribution in [0.25, 0.3) is 0 Å². The first-order chi connectivity index (χ1) is 12.6. The molecule has 1 aromatic heterocycles. The van der Waals surface area contributed by atoms with E-state index in [9.17, 15) is 4.79 Å². The van der Waals surface area contributed by atoms with Crippen molar-refractivity contribution in [1.82, 2.24) is 20.4 Å². The Hall–Kier alpha value is -2.30. The molecule has 1 fully saturated rings. The van der Waals surface area contributed by atoms with Crippen LogP contribution in [-0.2, 0) is 12.0 Å². The van der Waals surface area contributed by atoms with Crippen LogP contribution < -0.4 is 10.6 Å². The van der Waals surface area contributed by atoms with Crippen LogP contribution in [0, 0.1) is 13.8 Å². The molecule has 0 radical (unpaired) electrons. The fourth-order valence-corrected chi connectivity index (χ4v) is 4.06. The molecule has 5 nitrogen and oxygen atoms in total. The second-order valence-electron chi connectivity index (χ2n) is 7.47. The number of benzene rings is 1. The van der Waals surface area contributed by atoms with Gasteiger partial charge in [0.15, 0.2) is 0 Å². The molecule has 26 heavy (non-hydrogen) atoms. The van der Waals surface area contributed by atoms with E-state index < -0.39 is 0 Å². The molecule has 1 saturated carbocycles. The Balaban J connectivity index is 1.44. The summed E-state index contributed by atoms with van der Waals surface area (Å²) in [5, 5.41) is 10.5. The minimum Gasteiger partial charge on any atom is -0.338 e. The van der Waals surface area contributed by atoms with Gasteiger partial charge < -0.3 is 10.6 Å². The molecule has 3 rings (SSSR count). The predicted octanol–water partition coefficient (Wildman–Crippen LogP) is 3.70. The highest BCUT2D eigenvalue weighted by Gasteiger charge is 2.35. The number of carbonyl (C=O) groups is 1. The third kappa shape index (κ3) is 4.45. The van der Waals surface area contributed by atoms with Crippen LogP contribution in [0.3, 0.4) is 0 Å². The summed E-state index contributed by atoms with van der Waals surface area (Å²) in [5.74, 6) is 0. The molecule has 0 aliphatic heterocycles. The lowest BCUT2D eigenvalue weighted by atomic mass is 9.79. The van der Waals surface area contributed by atoms with E-state index in [-0.39, 0.29) is 11.4 Å². The SMILES string of the molecule is Cc1cc(C)n(CCCNC(=O)NCC2(c3ccccc3)CCCC2)n1. The maximum atomic E-state index is 12.2. The van der Waals surface area contributed by atoms with Crippen molar-refractivity contribution in [3.63, 3.8) is 0 Å². The van der Waals surface area contributed by atoms with Gasteiger partial charge in [0.05, 0.1) is 5.69 Å². The van der Waals surface area contributed by atoms with Crippen molar-refractivity contribution >= 4 is 6.03 Å². The quantitative estimate of drug-likeness (QED) is 0.745. The van der Waals surface area contributed by atoms with Gasteiger partial charge in [-0.1, -0.05) is 43.2 Å². The molecule has 0 spiro atoms. The van der Waals surface area contributed by atoms with E-state index in [0.29, 0.717) is 13.1 Å². The van der Waals surface area contributed by atoms with Crippen LogP contribution in [0.2, 0.25) is 0 Å². The molecular formula is C21H30N4O. The molecule has 2 aromatic rings. The average molecular weight is 354 g/mol. The molecule has 1 aliphatic rings. The molecule has 0 saturated heterocycles. The summed E-state index contributed by atoms with van der Waals surface area (Å²) in [6.45, 7) is 6.25. The Labute approximate surface area is 156 Å². The van der Waals surface area contributed by atoms with E-state index in [1.165, 1.54) is 18.4 Å². The van der Waals surface area contributed by atoms with Crippen molar-refractivity contribution in [2.24, 2.45) is 0 Å². The van der Waals surface area contributed by atoms with Crippen LogP contribution in [0.4, 0.5) is 4.79 Å². The zero-order valence-corrected chi connectivity index (χ0v) is 15.9. The molecular weight excluding hydrogens is 324 g/mol. The number of urea groups is 1. The molecule has 1 aromatic carbocycles. The largest absolute Gasteiger partial charge is 0.338 e. The molecule has 0 bridgehead atoms. The van der Waals surface area contributed by atoms with Gasteiger partial charge in [-0.15, -0.1) is 0 Å². The molecule has 5 heteroatoms. The van der Waals surface area contributed by atoms with Crippen molar-refractivity contribution < 1.29 is 4.79 Å². The standard InChI is InChI=1S/C21H30N4O/c1-17-15-18(2)25(24-17)14-8-13-22-20(26)23-16-21(11-6-7-12-21)19-9-4-3-5-10-19/h3-5,9-10,15H,6-8,11-14,16H2,1-2H3,(H2,22,23,26). The maximum absolute atomic E-state index is 12.2. The van der Waals surface area contributed by atoms with Gasteiger partial charge >= 0.3 is 6.03 Å². The molecule has 2 amide bonds.